The van der Waals surface area contributed by atoms with Crippen LogP contribution in [0.2, 0.25) is 0 Å². The molecule has 2 aromatic rings. The van der Waals surface area contributed by atoms with E-state index in [9.17, 15) is 8.78 Å². The lowest BCUT2D eigenvalue weighted by atomic mass is 10.2. The molecular formula is C14H16F2N4O. The Bertz CT molecular complexity index is 605. The molecule has 1 N–H and O–H groups in total. The molecule has 0 radical (unpaired) electrons. The zero-order chi connectivity index (χ0) is 14.8. The molecule has 1 aliphatic heterocycles. The van der Waals surface area contributed by atoms with Crippen LogP contribution >= 0.6 is 0 Å². The predicted molar refractivity (Wildman–Crippen MR) is 72.5 cm³/mol. The second-order valence-corrected chi connectivity index (χ2v) is 5.08. The minimum Gasteiger partial charge on any atom is -0.337 e. The number of rotatable bonds is 3. The molecule has 0 spiro atoms. The third-order valence-electron chi connectivity index (χ3n) is 3.62. The second kappa shape index (κ2) is 5.87. The highest BCUT2D eigenvalue weighted by Gasteiger charge is 2.23. The van der Waals surface area contributed by atoms with Crippen molar-refractivity contribution in [3.05, 3.63) is 35.7 Å². The number of aromatic nitrogens is 2. The van der Waals surface area contributed by atoms with Gasteiger partial charge in [0, 0.05) is 37.8 Å². The van der Waals surface area contributed by atoms with Crippen LogP contribution in [0, 0.1) is 11.6 Å². The summed E-state index contributed by atoms with van der Waals surface area (Å²) in [6.45, 7) is 5.61. The third-order valence-corrected chi connectivity index (χ3v) is 3.62. The minimum absolute atomic E-state index is 0.0215. The molecule has 7 heteroatoms. The molecule has 1 aliphatic rings. The van der Waals surface area contributed by atoms with E-state index in [0.29, 0.717) is 5.89 Å². The molecule has 1 aromatic heterocycles. The Morgan fingerprint density at radius 3 is 2.52 bits per heavy atom. The monoisotopic (exact) mass is 294 g/mol. The predicted octanol–water partition coefficient (Wildman–Crippen LogP) is 1.98. The Labute approximate surface area is 120 Å². The SMILES string of the molecule is CC(c1nc(-c2cc(F)cc(F)c2)no1)N1CCNCC1. The van der Waals surface area contributed by atoms with Crippen molar-refractivity contribution >= 4 is 0 Å². The first kappa shape index (κ1) is 14.1. The van der Waals surface area contributed by atoms with Crippen LogP contribution in [0.4, 0.5) is 8.78 Å². The number of halogens is 2. The fourth-order valence-electron chi connectivity index (χ4n) is 2.43. The summed E-state index contributed by atoms with van der Waals surface area (Å²) in [4.78, 5) is 6.49. The lowest BCUT2D eigenvalue weighted by molar-refractivity contribution is 0.154. The molecule has 1 unspecified atom stereocenters. The minimum atomic E-state index is -0.661. The molecule has 0 bridgehead atoms. The number of piperazine rings is 1. The molecule has 0 amide bonds. The Balaban J connectivity index is 1.82. The normalized spacial score (nSPS) is 17.9. The highest BCUT2D eigenvalue weighted by atomic mass is 19.1. The Morgan fingerprint density at radius 1 is 1.19 bits per heavy atom. The molecule has 112 valence electrons. The van der Waals surface area contributed by atoms with Gasteiger partial charge in [-0.1, -0.05) is 5.16 Å². The molecule has 1 atom stereocenters. The lowest BCUT2D eigenvalue weighted by Gasteiger charge is -2.30. The lowest BCUT2D eigenvalue weighted by Crippen LogP contribution is -2.44. The second-order valence-electron chi connectivity index (χ2n) is 5.08. The van der Waals surface area contributed by atoms with Crippen LogP contribution < -0.4 is 5.32 Å². The maximum atomic E-state index is 13.2. The van der Waals surface area contributed by atoms with E-state index >= 15 is 0 Å². The summed E-state index contributed by atoms with van der Waals surface area (Å²) in [5, 5.41) is 7.10. The molecule has 0 saturated carbocycles. The van der Waals surface area contributed by atoms with Crippen molar-refractivity contribution in [1.82, 2.24) is 20.4 Å². The summed E-state index contributed by atoms with van der Waals surface area (Å²) in [6, 6.07) is 3.17. The van der Waals surface area contributed by atoms with Crippen LogP contribution in [-0.2, 0) is 0 Å². The molecule has 2 heterocycles. The number of benzene rings is 1. The number of nitrogens with one attached hydrogen (secondary N) is 1. The van der Waals surface area contributed by atoms with Gasteiger partial charge in [-0.15, -0.1) is 0 Å². The van der Waals surface area contributed by atoms with Gasteiger partial charge in [0.2, 0.25) is 11.7 Å². The molecule has 1 saturated heterocycles. The van der Waals surface area contributed by atoms with Gasteiger partial charge in [0.15, 0.2) is 0 Å². The molecule has 3 rings (SSSR count). The first-order valence-corrected chi connectivity index (χ1v) is 6.88. The summed E-state index contributed by atoms with van der Waals surface area (Å²) in [6.07, 6.45) is 0. The topological polar surface area (TPSA) is 54.2 Å². The molecule has 21 heavy (non-hydrogen) atoms. The molecule has 1 fully saturated rings. The van der Waals surface area contributed by atoms with Crippen molar-refractivity contribution in [2.75, 3.05) is 26.2 Å². The van der Waals surface area contributed by atoms with E-state index < -0.39 is 11.6 Å². The van der Waals surface area contributed by atoms with Gasteiger partial charge >= 0.3 is 0 Å². The summed E-state index contributed by atoms with van der Waals surface area (Å²) < 4.78 is 31.7. The summed E-state index contributed by atoms with van der Waals surface area (Å²) >= 11 is 0. The van der Waals surface area contributed by atoms with E-state index in [0.717, 1.165) is 32.2 Å². The van der Waals surface area contributed by atoms with Gasteiger partial charge in [-0.2, -0.15) is 4.98 Å². The molecule has 1 aromatic carbocycles. The van der Waals surface area contributed by atoms with Crippen LogP contribution in [0.3, 0.4) is 0 Å². The number of nitrogens with zero attached hydrogens (tertiary/aromatic N) is 3. The smallest absolute Gasteiger partial charge is 0.244 e. The van der Waals surface area contributed by atoms with E-state index in [-0.39, 0.29) is 17.4 Å². The van der Waals surface area contributed by atoms with Crippen molar-refractivity contribution in [3.63, 3.8) is 0 Å². The highest BCUT2D eigenvalue weighted by molar-refractivity contribution is 5.54. The van der Waals surface area contributed by atoms with E-state index in [2.05, 4.69) is 20.4 Å². The van der Waals surface area contributed by atoms with Gasteiger partial charge in [0.1, 0.15) is 11.6 Å². The third kappa shape index (κ3) is 3.08. The fraction of sp³-hybridized carbons (Fsp3) is 0.429. The van der Waals surface area contributed by atoms with Crippen LogP contribution in [0.1, 0.15) is 18.9 Å². The van der Waals surface area contributed by atoms with E-state index in [1.165, 1.54) is 12.1 Å². The maximum absolute atomic E-state index is 13.2. The summed E-state index contributed by atoms with van der Waals surface area (Å²) in [5.74, 6) is -0.667. The van der Waals surface area contributed by atoms with Crippen LogP contribution in [0.5, 0.6) is 0 Å². The zero-order valence-electron chi connectivity index (χ0n) is 11.6. The van der Waals surface area contributed by atoms with Gasteiger partial charge in [0.25, 0.3) is 0 Å². The van der Waals surface area contributed by atoms with Gasteiger partial charge < -0.3 is 9.84 Å². The van der Waals surface area contributed by atoms with E-state index in [1.54, 1.807) is 0 Å². The van der Waals surface area contributed by atoms with Crippen LogP contribution in [0.15, 0.2) is 22.7 Å². The van der Waals surface area contributed by atoms with Crippen molar-refractivity contribution in [2.24, 2.45) is 0 Å². The van der Waals surface area contributed by atoms with Gasteiger partial charge in [-0.05, 0) is 19.1 Å². The summed E-state index contributed by atoms with van der Waals surface area (Å²) in [7, 11) is 0. The quantitative estimate of drug-likeness (QED) is 0.938. The Kier molecular flexibility index (Phi) is 3.94. The standard InChI is InChI=1S/C14H16F2N4O/c1-9(20-4-2-17-3-5-20)14-18-13(19-21-14)10-6-11(15)8-12(16)7-10/h6-9,17H,2-5H2,1H3. The average Bonchev–Trinajstić information content (AvgIpc) is 2.96. The van der Waals surface area contributed by atoms with E-state index in [4.69, 9.17) is 4.52 Å². The van der Waals surface area contributed by atoms with Crippen molar-refractivity contribution < 1.29 is 13.3 Å². The average molecular weight is 294 g/mol. The van der Waals surface area contributed by atoms with Crippen LogP contribution in [0.25, 0.3) is 11.4 Å². The van der Waals surface area contributed by atoms with Gasteiger partial charge in [-0.3, -0.25) is 4.90 Å². The molecule has 5 nitrogen and oxygen atoms in total. The molecule has 0 aliphatic carbocycles. The summed E-state index contributed by atoms with van der Waals surface area (Å²) in [5.41, 5.74) is 0.273. The highest BCUT2D eigenvalue weighted by Crippen LogP contribution is 2.23. The maximum Gasteiger partial charge on any atom is 0.244 e. The molecular weight excluding hydrogens is 278 g/mol. The van der Waals surface area contributed by atoms with Crippen LogP contribution in [-0.4, -0.2) is 41.2 Å². The first-order chi connectivity index (χ1) is 10.1. The number of hydrogen-bond acceptors (Lipinski definition) is 5. The van der Waals surface area contributed by atoms with E-state index in [1.807, 2.05) is 6.92 Å². The zero-order valence-corrected chi connectivity index (χ0v) is 11.6. The van der Waals surface area contributed by atoms with Gasteiger partial charge in [0.05, 0.1) is 6.04 Å². The van der Waals surface area contributed by atoms with Crippen molar-refractivity contribution in [2.45, 2.75) is 13.0 Å². The largest absolute Gasteiger partial charge is 0.337 e. The Morgan fingerprint density at radius 2 is 1.86 bits per heavy atom. The first-order valence-electron chi connectivity index (χ1n) is 6.88. The fourth-order valence-corrected chi connectivity index (χ4v) is 2.43. The number of hydrogen-bond donors (Lipinski definition) is 1. The van der Waals surface area contributed by atoms with Crippen molar-refractivity contribution in [1.29, 1.82) is 0 Å². The Hall–Kier alpha value is -1.86. The van der Waals surface area contributed by atoms with Crippen molar-refractivity contribution in [3.8, 4) is 11.4 Å². The van der Waals surface area contributed by atoms with Gasteiger partial charge in [-0.25, -0.2) is 8.78 Å².